The first-order valence-electron chi connectivity index (χ1n) is 16.6. The van der Waals surface area contributed by atoms with Crippen molar-refractivity contribution >= 4 is 23.2 Å². The van der Waals surface area contributed by atoms with Gasteiger partial charge in [-0.05, 0) is 87.2 Å². The average molecular weight is 626 g/mol. The molecule has 7 rings (SSSR count). The highest BCUT2D eigenvalue weighted by molar-refractivity contribution is 6.33. The Morgan fingerprint density at radius 1 is 1.09 bits per heavy atom. The van der Waals surface area contributed by atoms with Crippen molar-refractivity contribution in [1.82, 2.24) is 20.1 Å². The summed E-state index contributed by atoms with van der Waals surface area (Å²) in [5, 5.41) is 3.97. The molecule has 3 aliphatic heterocycles. The molecule has 2 saturated heterocycles. The lowest BCUT2D eigenvalue weighted by Crippen LogP contribution is -2.74. The summed E-state index contributed by atoms with van der Waals surface area (Å²) in [6.07, 6.45) is 7.33. The lowest BCUT2D eigenvalue weighted by Gasteiger charge is -2.65. The van der Waals surface area contributed by atoms with E-state index < -0.39 is 0 Å². The third-order valence-electron chi connectivity index (χ3n) is 11.6. The summed E-state index contributed by atoms with van der Waals surface area (Å²) in [6, 6.07) is 9.71. The van der Waals surface area contributed by atoms with E-state index in [2.05, 4.69) is 54.6 Å². The molecule has 1 amide bonds. The molecule has 7 nitrogen and oxygen atoms in total. The fourth-order valence-electron chi connectivity index (χ4n) is 9.67. The van der Waals surface area contributed by atoms with Crippen LogP contribution in [0.2, 0.25) is 5.02 Å². The molecule has 2 aromatic rings. The fraction of sp³-hybridized carbons (Fsp3) is 0.595. The van der Waals surface area contributed by atoms with Gasteiger partial charge in [0.15, 0.2) is 0 Å². The van der Waals surface area contributed by atoms with Crippen LogP contribution in [0.4, 0.5) is 5.69 Å². The van der Waals surface area contributed by atoms with Crippen molar-refractivity contribution in [3.63, 3.8) is 0 Å². The maximum Gasteiger partial charge on any atom is 0.256 e. The monoisotopic (exact) mass is 625 g/mol. The van der Waals surface area contributed by atoms with Crippen LogP contribution < -0.4 is 10.1 Å². The predicted octanol–water partition coefficient (Wildman–Crippen LogP) is 6.72. The first-order valence-corrected chi connectivity index (χ1v) is 17.0. The second-order valence-electron chi connectivity index (χ2n) is 15.3. The summed E-state index contributed by atoms with van der Waals surface area (Å²) < 4.78 is 6.46. The first-order chi connectivity index (χ1) is 21.5. The van der Waals surface area contributed by atoms with Gasteiger partial charge in [0.05, 0.1) is 29.4 Å². The molecule has 1 aromatic carbocycles. The van der Waals surface area contributed by atoms with Crippen molar-refractivity contribution in [2.24, 2.45) is 22.2 Å². The molecule has 1 spiro atoms. The quantitative estimate of drug-likeness (QED) is 0.302. The third-order valence-corrected chi connectivity index (χ3v) is 11.9. The fourth-order valence-corrected chi connectivity index (χ4v) is 9.88. The molecule has 8 heteroatoms. The van der Waals surface area contributed by atoms with Crippen LogP contribution in [0, 0.1) is 40.6 Å². The lowest BCUT2D eigenvalue weighted by molar-refractivity contribution is -0.199. The Morgan fingerprint density at radius 3 is 2.56 bits per heavy atom. The van der Waals surface area contributed by atoms with Crippen molar-refractivity contribution in [1.29, 1.82) is 0 Å². The summed E-state index contributed by atoms with van der Waals surface area (Å²) in [5.74, 6) is 8.00. The SMILES string of the molecule is [C-]#[N+]c1ccc(OC2C(C)(C)C(N3Cc4nc(C#CC5CCC(N6CCC7(CCNC7)C6)CC5)ccc4C3=O)C2(C)C)cc1Cl. The van der Waals surface area contributed by atoms with Crippen LogP contribution in [0.15, 0.2) is 30.3 Å². The maximum absolute atomic E-state index is 13.7. The number of amides is 1. The topological polar surface area (TPSA) is 62.1 Å². The van der Waals surface area contributed by atoms with Crippen LogP contribution in [0.5, 0.6) is 5.75 Å². The molecule has 0 bridgehead atoms. The second-order valence-corrected chi connectivity index (χ2v) is 15.7. The number of halogens is 1. The first kappa shape index (κ1) is 30.5. The number of pyridine rings is 1. The number of aromatic nitrogens is 1. The van der Waals surface area contributed by atoms with E-state index in [1.54, 1.807) is 18.2 Å². The highest BCUT2D eigenvalue weighted by Gasteiger charge is 2.67. The average Bonchev–Trinajstić information content (AvgIpc) is 3.74. The van der Waals surface area contributed by atoms with E-state index in [1.165, 1.54) is 51.9 Å². The van der Waals surface area contributed by atoms with E-state index in [9.17, 15) is 4.79 Å². The Morgan fingerprint density at radius 2 is 1.87 bits per heavy atom. The van der Waals surface area contributed by atoms with Crippen molar-refractivity contribution < 1.29 is 9.53 Å². The van der Waals surface area contributed by atoms with Gasteiger partial charge in [-0.1, -0.05) is 51.3 Å². The van der Waals surface area contributed by atoms with E-state index in [0.29, 0.717) is 45.9 Å². The van der Waals surface area contributed by atoms with Crippen molar-refractivity contribution in [3.05, 3.63) is 63.7 Å². The smallest absolute Gasteiger partial charge is 0.256 e. The van der Waals surface area contributed by atoms with Crippen molar-refractivity contribution in [3.8, 4) is 17.6 Å². The van der Waals surface area contributed by atoms with Gasteiger partial charge in [0.2, 0.25) is 5.69 Å². The zero-order chi connectivity index (χ0) is 31.6. The number of ether oxygens (including phenoxy) is 1. The molecule has 2 saturated carbocycles. The summed E-state index contributed by atoms with van der Waals surface area (Å²) in [7, 11) is 0. The van der Waals surface area contributed by atoms with E-state index in [4.69, 9.17) is 27.9 Å². The van der Waals surface area contributed by atoms with E-state index in [0.717, 1.165) is 24.2 Å². The Hall–Kier alpha value is -3.10. The Balaban J connectivity index is 0.981. The van der Waals surface area contributed by atoms with Crippen LogP contribution in [-0.4, -0.2) is 65.1 Å². The number of hydrogen-bond acceptors (Lipinski definition) is 5. The van der Waals surface area contributed by atoms with Gasteiger partial charge in [-0.3, -0.25) is 9.69 Å². The largest absolute Gasteiger partial charge is 0.489 e. The van der Waals surface area contributed by atoms with Gasteiger partial charge in [-0.25, -0.2) is 9.83 Å². The van der Waals surface area contributed by atoms with Crippen LogP contribution in [0.3, 0.4) is 0 Å². The molecule has 4 heterocycles. The Bertz CT molecular complexity index is 1590. The van der Waals surface area contributed by atoms with Crippen molar-refractivity contribution in [2.75, 3.05) is 26.2 Å². The van der Waals surface area contributed by atoms with Gasteiger partial charge >= 0.3 is 0 Å². The molecule has 1 aromatic heterocycles. The molecule has 4 fully saturated rings. The number of carbonyl (C=O) groups excluding carboxylic acids is 1. The predicted molar refractivity (Wildman–Crippen MR) is 176 cm³/mol. The Kier molecular flexibility index (Phi) is 7.67. The summed E-state index contributed by atoms with van der Waals surface area (Å²) in [6.45, 7) is 21.3. The maximum atomic E-state index is 13.7. The highest BCUT2D eigenvalue weighted by atomic mass is 35.5. The van der Waals surface area contributed by atoms with E-state index in [-0.39, 0.29) is 28.9 Å². The number of carbonyl (C=O) groups is 1. The van der Waals surface area contributed by atoms with Gasteiger partial charge in [0, 0.05) is 41.9 Å². The number of likely N-dealkylation sites (tertiary alicyclic amines) is 1. The molecule has 1 atom stereocenters. The minimum atomic E-state index is -0.308. The molecule has 45 heavy (non-hydrogen) atoms. The summed E-state index contributed by atoms with van der Waals surface area (Å²) in [5.41, 5.74) is 2.58. The number of rotatable bonds is 4. The number of nitrogens with one attached hydrogen (secondary N) is 1. The Labute approximate surface area is 272 Å². The van der Waals surface area contributed by atoms with Crippen LogP contribution in [0.1, 0.15) is 88.0 Å². The molecule has 0 radical (unpaired) electrons. The number of benzene rings is 1. The van der Waals surface area contributed by atoms with Crippen LogP contribution >= 0.6 is 11.6 Å². The number of hydrogen-bond donors (Lipinski definition) is 1. The molecule has 1 unspecified atom stereocenters. The second kappa shape index (κ2) is 11.3. The zero-order valence-corrected chi connectivity index (χ0v) is 27.7. The summed E-state index contributed by atoms with van der Waals surface area (Å²) >= 11 is 6.28. The molecular weight excluding hydrogens is 582 g/mol. The van der Waals surface area contributed by atoms with E-state index >= 15 is 0 Å². The molecule has 5 aliphatic rings. The van der Waals surface area contributed by atoms with Crippen LogP contribution in [0.25, 0.3) is 4.85 Å². The van der Waals surface area contributed by atoms with Gasteiger partial charge in [-0.2, -0.15) is 0 Å². The number of fused-ring (bicyclic) bond motifs is 1. The zero-order valence-electron chi connectivity index (χ0n) is 27.0. The van der Waals surface area contributed by atoms with Gasteiger partial charge in [0.1, 0.15) is 17.5 Å². The highest BCUT2D eigenvalue weighted by Crippen LogP contribution is 2.59. The van der Waals surface area contributed by atoms with E-state index in [1.807, 2.05) is 17.0 Å². The van der Waals surface area contributed by atoms with Gasteiger partial charge in [0.25, 0.3) is 5.91 Å². The standard InChI is InChI=1S/C37H44ClN5O2/c1-35(2)33(36(3,4)34(35)45-27-13-15-30(39-5)29(38)20-27)43-21-31-28(32(43)44)14-10-25(41-31)9-6-24-7-11-26(12-8-24)42-19-17-37(23-42)16-18-40-22-37/h10,13-15,20,24,26,33-34,40H,7-8,11-12,16-19,21-23H2,1-4H3. The number of nitrogens with zero attached hydrogens (tertiary/aromatic N) is 4. The molecule has 236 valence electrons. The summed E-state index contributed by atoms with van der Waals surface area (Å²) in [4.78, 5) is 26.8. The van der Waals surface area contributed by atoms with Crippen LogP contribution in [-0.2, 0) is 6.54 Å². The molecular formula is C37H44ClN5O2. The van der Waals surface area contributed by atoms with Gasteiger partial charge in [-0.15, -0.1) is 0 Å². The minimum Gasteiger partial charge on any atom is -0.489 e. The minimum absolute atomic E-state index is 0.0291. The lowest BCUT2D eigenvalue weighted by atomic mass is 9.49. The third kappa shape index (κ3) is 5.32. The normalized spacial score (nSPS) is 31.6. The van der Waals surface area contributed by atoms with Gasteiger partial charge < -0.3 is 15.0 Å². The molecule has 1 N–H and O–H groups in total. The molecule has 2 aliphatic carbocycles. The van der Waals surface area contributed by atoms with Crippen molar-refractivity contribution in [2.45, 2.75) is 91.0 Å².